The zero-order chi connectivity index (χ0) is 9.68. The van der Waals surface area contributed by atoms with Crippen LogP contribution in [0.15, 0.2) is 29.4 Å². The summed E-state index contributed by atoms with van der Waals surface area (Å²) in [5.74, 6) is -0.0870. The Kier molecular flexibility index (Phi) is 14.6. The van der Waals surface area contributed by atoms with Gasteiger partial charge in [-0.3, -0.25) is 5.43 Å². The van der Waals surface area contributed by atoms with Gasteiger partial charge in [-0.25, -0.2) is 0 Å². The monoisotopic (exact) mass is 371 g/mol. The van der Waals surface area contributed by atoms with E-state index in [1.165, 1.54) is 12.3 Å². The molecule has 1 aromatic rings. The van der Waals surface area contributed by atoms with E-state index in [4.69, 9.17) is 5.73 Å². The molecule has 3 N–H and O–H groups in total. The molecule has 0 fully saturated rings. The molecule has 0 spiro atoms. The van der Waals surface area contributed by atoms with Gasteiger partial charge in [0, 0.05) is 0 Å². The van der Waals surface area contributed by atoms with E-state index in [1.54, 1.807) is 18.2 Å². The Bertz CT molecular complexity index is 352. The second kappa shape index (κ2) is 11.1. The topological polar surface area (TPSA) is 73.5 Å². The predicted molar refractivity (Wildman–Crippen MR) is 60.7 cm³/mol. The first-order valence-electron chi connectivity index (χ1n) is 3.54. The molecule has 0 amide bonds. The van der Waals surface area contributed by atoms with Crippen LogP contribution in [0.4, 0.5) is 0 Å². The fourth-order valence-electron chi connectivity index (χ4n) is 0.753. The van der Waals surface area contributed by atoms with E-state index in [1.807, 2.05) is 0 Å². The molecule has 1 aromatic carbocycles. The number of nitrogens with one attached hydrogen (secondary N) is 1. The Morgan fingerprint density at radius 2 is 2.00 bits per heavy atom. The minimum atomic E-state index is -0.0870. The fraction of sp³-hybridized carbons (Fsp3) is 0. The van der Waals surface area contributed by atoms with Gasteiger partial charge < -0.3 is 23.2 Å². The first kappa shape index (κ1) is 21.0. The molecule has 0 aliphatic heterocycles. The van der Waals surface area contributed by atoms with E-state index in [-0.39, 0.29) is 56.1 Å². The summed E-state index contributed by atoms with van der Waals surface area (Å²) in [6, 6.07) is 6.54. The zero-order valence-electron chi connectivity index (χ0n) is 7.83. The molecule has 0 heterocycles. The molecule has 1 rings (SSSR count). The predicted octanol–water partition coefficient (Wildman–Crippen LogP) is -2.65. The van der Waals surface area contributed by atoms with Crippen LogP contribution in [0.5, 0.6) is 5.75 Å². The zero-order valence-corrected chi connectivity index (χ0v) is 11.8. The van der Waals surface area contributed by atoms with Gasteiger partial charge in [0.05, 0.1) is 6.21 Å². The van der Waals surface area contributed by atoms with Gasteiger partial charge in [-0.05, 0) is 17.8 Å². The number of benzene rings is 1. The van der Waals surface area contributed by atoms with Crippen molar-refractivity contribution in [2.45, 2.75) is 0 Å². The third kappa shape index (κ3) is 7.86. The number of para-hydroxylation sites is 1. The van der Waals surface area contributed by atoms with Gasteiger partial charge in [-0.2, -0.15) is 5.10 Å². The van der Waals surface area contributed by atoms with E-state index >= 15 is 0 Å². The van der Waals surface area contributed by atoms with Gasteiger partial charge >= 0.3 is 20.4 Å². The molecule has 0 aliphatic carbocycles. The van der Waals surface area contributed by atoms with Crippen LogP contribution in [0.1, 0.15) is 5.56 Å². The number of halogens is 2. The average molecular weight is 373 g/mol. The molecule has 8 heteroatoms. The molecule has 16 heavy (non-hydrogen) atoms. The molecular formula is C8H9Cl2N3OPdS. The second-order valence-corrected chi connectivity index (χ2v) is 2.71. The summed E-state index contributed by atoms with van der Waals surface area (Å²) in [7, 11) is 0. The summed E-state index contributed by atoms with van der Waals surface area (Å²) in [6.07, 6.45) is 1.38. The molecule has 0 atom stereocenters. The summed E-state index contributed by atoms with van der Waals surface area (Å²) < 4.78 is 0. The Morgan fingerprint density at radius 3 is 2.50 bits per heavy atom. The summed E-state index contributed by atoms with van der Waals surface area (Å²) in [5.41, 5.74) is 7.98. The van der Waals surface area contributed by atoms with Crippen LogP contribution >= 0.6 is 24.6 Å². The molecule has 0 bridgehead atoms. The first-order valence-corrected chi connectivity index (χ1v) is 3.95. The summed E-state index contributed by atoms with van der Waals surface area (Å²) in [5, 5.41) is 14.8. The van der Waals surface area contributed by atoms with Crippen molar-refractivity contribution in [3.05, 3.63) is 29.8 Å². The maximum absolute atomic E-state index is 11.1. The van der Waals surface area contributed by atoms with Gasteiger partial charge in [0.15, 0.2) is 5.11 Å². The quantitative estimate of drug-likeness (QED) is 0.257. The minimum Gasteiger partial charge on any atom is -1.00 e. The number of thiocarbonyl (C=S) groups is 1. The van der Waals surface area contributed by atoms with Gasteiger partial charge in [-0.15, -0.1) is 12.4 Å². The van der Waals surface area contributed by atoms with Crippen LogP contribution in [0.3, 0.4) is 0 Å². The minimum absolute atomic E-state index is 0. The average Bonchev–Trinajstić information content (AvgIpc) is 2.08. The van der Waals surface area contributed by atoms with Crippen LogP contribution < -0.4 is 28.7 Å². The van der Waals surface area contributed by atoms with Crippen molar-refractivity contribution < 1.29 is 37.9 Å². The molecule has 0 aromatic heterocycles. The Hall–Kier alpha value is -0.378. The normalized spacial score (nSPS) is 8.25. The van der Waals surface area contributed by atoms with Crippen LogP contribution in [0.25, 0.3) is 0 Å². The van der Waals surface area contributed by atoms with Crippen LogP contribution in [-0.2, 0) is 20.4 Å². The van der Waals surface area contributed by atoms with Gasteiger partial charge in [0.25, 0.3) is 0 Å². The summed E-state index contributed by atoms with van der Waals surface area (Å²) in [4.78, 5) is 0. The Morgan fingerprint density at radius 1 is 1.44 bits per heavy atom. The smallest absolute Gasteiger partial charge is 1.00 e. The molecule has 0 saturated heterocycles. The van der Waals surface area contributed by atoms with E-state index < -0.39 is 0 Å². The molecule has 92 valence electrons. The molecule has 4 nitrogen and oxygen atoms in total. The van der Waals surface area contributed by atoms with E-state index in [2.05, 4.69) is 22.7 Å². The van der Waals surface area contributed by atoms with E-state index in [0.29, 0.717) is 5.56 Å². The molecule has 0 aliphatic rings. The molecule has 0 radical (unpaired) electrons. The third-order valence-electron chi connectivity index (χ3n) is 1.30. The van der Waals surface area contributed by atoms with Crippen molar-refractivity contribution >= 4 is 36.0 Å². The van der Waals surface area contributed by atoms with E-state index in [0.717, 1.165) is 0 Å². The largest absolute Gasteiger partial charge is 2.00 e. The van der Waals surface area contributed by atoms with Crippen molar-refractivity contribution in [2.24, 2.45) is 10.8 Å². The van der Waals surface area contributed by atoms with Crippen molar-refractivity contribution in [3.63, 3.8) is 0 Å². The molecule has 0 saturated carbocycles. The number of hydrogen-bond donors (Lipinski definition) is 2. The summed E-state index contributed by atoms with van der Waals surface area (Å²) in [6.45, 7) is 0. The molecular weight excluding hydrogens is 364 g/mol. The number of nitrogens with two attached hydrogens (primary N) is 1. The van der Waals surface area contributed by atoms with E-state index in [9.17, 15) is 5.11 Å². The van der Waals surface area contributed by atoms with Crippen molar-refractivity contribution in [1.82, 2.24) is 5.43 Å². The first-order chi connectivity index (χ1) is 6.20. The fourth-order valence-corrected chi connectivity index (χ4v) is 0.805. The third-order valence-corrected chi connectivity index (χ3v) is 1.39. The van der Waals surface area contributed by atoms with Crippen LogP contribution in [-0.4, -0.2) is 11.3 Å². The van der Waals surface area contributed by atoms with Crippen molar-refractivity contribution in [1.29, 1.82) is 0 Å². The molecule has 0 unspecified atom stereocenters. The van der Waals surface area contributed by atoms with Crippen LogP contribution in [0.2, 0.25) is 0 Å². The summed E-state index contributed by atoms with van der Waals surface area (Å²) >= 11 is 4.52. The maximum Gasteiger partial charge on any atom is 2.00 e. The van der Waals surface area contributed by atoms with Gasteiger partial charge in [0.2, 0.25) is 0 Å². The number of nitrogens with zero attached hydrogens (tertiary/aromatic N) is 1. The number of hydrogen-bond acceptors (Lipinski definition) is 3. The van der Waals surface area contributed by atoms with Crippen LogP contribution in [0, 0.1) is 0 Å². The number of hydrazone groups is 1. The Labute approximate surface area is 125 Å². The number of rotatable bonds is 2. The standard InChI is InChI=1S/C8H9N3OS.2ClH.Pd/c9-8(13)11-10-5-6-3-1-2-4-7(6)12;;;/h1-5,12H,(H3,9,11,13);2*1H;/q;;;+2/p-2/b10-5+;;;. The van der Waals surface area contributed by atoms with Crippen molar-refractivity contribution in [2.75, 3.05) is 0 Å². The SMILES string of the molecule is Cl.NC(=S)N/N=C/c1ccccc1[O-].[Cl-].[Pd+2]. The Balaban J connectivity index is -0.000000563. The maximum atomic E-state index is 11.1. The van der Waals surface area contributed by atoms with Gasteiger partial charge in [-0.1, -0.05) is 30.0 Å². The second-order valence-electron chi connectivity index (χ2n) is 2.27. The van der Waals surface area contributed by atoms with Gasteiger partial charge in [0.1, 0.15) is 0 Å². The van der Waals surface area contributed by atoms with Crippen molar-refractivity contribution in [3.8, 4) is 5.75 Å².